The number of esters is 3. The molecule has 0 radical (unpaired) electrons. The van der Waals surface area contributed by atoms with E-state index in [1.54, 1.807) is 54.6 Å². The predicted octanol–water partition coefficient (Wildman–Crippen LogP) is 9.52. The zero-order valence-corrected chi connectivity index (χ0v) is 28.9. The molecule has 0 saturated carbocycles. The Labute approximate surface area is 288 Å². The summed E-state index contributed by atoms with van der Waals surface area (Å²) in [4.78, 5) is 49.6. The molecule has 9 nitrogen and oxygen atoms in total. The molecule has 1 N–H and O–H groups in total. The molecule has 0 aromatic heterocycles. The summed E-state index contributed by atoms with van der Waals surface area (Å²) in [5.74, 6) is -0.520. The first-order chi connectivity index (χ1) is 23.7. The summed E-state index contributed by atoms with van der Waals surface area (Å²) in [5, 5.41) is 2.95. The lowest BCUT2D eigenvalue weighted by Crippen LogP contribution is -2.33. The molecule has 1 spiro atoms. The van der Waals surface area contributed by atoms with E-state index in [4.69, 9.17) is 18.9 Å². The summed E-state index contributed by atoms with van der Waals surface area (Å²) >= 11 is 0. The van der Waals surface area contributed by atoms with Crippen molar-refractivity contribution in [2.45, 2.75) is 116 Å². The highest BCUT2D eigenvalue weighted by Gasteiger charge is 2.53. The van der Waals surface area contributed by atoms with Crippen LogP contribution in [0.2, 0.25) is 0 Å². The van der Waals surface area contributed by atoms with E-state index in [2.05, 4.69) is 12.2 Å². The van der Waals surface area contributed by atoms with Gasteiger partial charge in [-0.3, -0.25) is 14.4 Å². The third kappa shape index (κ3) is 8.69. The van der Waals surface area contributed by atoms with E-state index in [-0.39, 0.29) is 17.4 Å². The van der Waals surface area contributed by atoms with E-state index in [1.165, 1.54) is 78.1 Å². The second kappa shape index (κ2) is 16.6. The molecule has 0 bridgehead atoms. The maximum atomic E-state index is 13.5. The summed E-state index contributed by atoms with van der Waals surface area (Å²) in [5.41, 5.74) is 1.06. The zero-order chi connectivity index (χ0) is 34.8. The molecule has 0 aliphatic carbocycles. The van der Waals surface area contributed by atoms with Gasteiger partial charge in [-0.25, -0.2) is 4.79 Å². The van der Waals surface area contributed by atoms with E-state index >= 15 is 0 Å². The van der Waals surface area contributed by atoms with Crippen molar-refractivity contribution in [3.63, 3.8) is 0 Å². The molecule has 0 unspecified atom stereocenters. The molecule has 49 heavy (non-hydrogen) atoms. The number of nitrogens with one attached hydrogen (secondary N) is 1. The fourth-order valence-corrected chi connectivity index (χ4v) is 6.75. The second-order valence-corrected chi connectivity index (χ2v) is 13.0. The predicted molar refractivity (Wildman–Crippen MR) is 186 cm³/mol. The van der Waals surface area contributed by atoms with Crippen molar-refractivity contribution in [1.82, 2.24) is 0 Å². The fraction of sp³-hybridized carbons (Fsp3) is 0.450. The van der Waals surface area contributed by atoms with E-state index in [9.17, 15) is 19.2 Å². The van der Waals surface area contributed by atoms with Crippen LogP contribution in [0, 0.1) is 0 Å². The van der Waals surface area contributed by atoms with E-state index in [1.807, 2.05) is 0 Å². The first-order valence-electron chi connectivity index (χ1n) is 17.7. The van der Waals surface area contributed by atoms with Gasteiger partial charge >= 0.3 is 17.9 Å². The minimum absolute atomic E-state index is 0.0955. The number of anilines is 1. The van der Waals surface area contributed by atoms with Gasteiger partial charge in [-0.2, -0.15) is 0 Å². The summed E-state index contributed by atoms with van der Waals surface area (Å²) in [6.45, 7) is 4.85. The summed E-state index contributed by atoms with van der Waals surface area (Å²) in [6.07, 6.45) is 16.6. The van der Waals surface area contributed by atoms with Crippen LogP contribution in [0.5, 0.6) is 23.0 Å². The van der Waals surface area contributed by atoms with Crippen molar-refractivity contribution >= 4 is 29.5 Å². The van der Waals surface area contributed by atoms with Gasteiger partial charge in [-0.15, -0.1) is 0 Å². The minimum Gasteiger partial charge on any atom is -0.456 e. The molecule has 1 amide bonds. The lowest BCUT2D eigenvalue weighted by molar-refractivity contribution is -0.132. The first kappa shape index (κ1) is 35.6. The maximum absolute atomic E-state index is 13.5. The van der Waals surface area contributed by atoms with Crippen LogP contribution < -0.4 is 19.5 Å². The molecule has 2 aliphatic rings. The number of fused-ring (bicyclic) bond motifs is 6. The van der Waals surface area contributed by atoms with Gasteiger partial charge in [-0.05, 0) is 42.8 Å². The number of amides is 1. The van der Waals surface area contributed by atoms with Crippen molar-refractivity contribution in [2.75, 3.05) is 5.32 Å². The van der Waals surface area contributed by atoms with Crippen molar-refractivity contribution in [1.29, 1.82) is 0 Å². The molecular formula is C40H47NO8. The average molecular weight is 670 g/mol. The van der Waals surface area contributed by atoms with Crippen LogP contribution >= 0.6 is 0 Å². The molecule has 5 rings (SSSR count). The molecule has 0 atom stereocenters. The molecular weight excluding hydrogens is 622 g/mol. The van der Waals surface area contributed by atoms with Gasteiger partial charge in [0.05, 0.1) is 5.56 Å². The molecule has 0 fully saturated rings. The van der Waals surface area contributed by atoms with Gasteiger partial charge in [0.15, 0.2) is 5.60 Å². The van der Waals surface area contributed by atoms with Crippen molar-refractivity contribution in [3.05, 3.63) is 76.9 Å². The number of rotatable bonds is 17. The number of unbranched alkanes of at least 4 members (excludes halogenated alkanes) is 12. The number of carbonyl (C=O) groups is 4. The van der Waals surface area contributed by atoms with Gasteiger partial charge < -0.3 is 24.3 Å². The molecule has 0 saturated heterocycles. The Hall–Kier alpha value is -4.66. The highest BCUT2D eigenvalue weighted by Crippen LogP contribution is 2.57. The van der Waals surface area contributed by atoms with Crippen LogP contribution in [0.15, 0.2) is 54.6 Å². The average Bonchev–Trinajstić information content (AvgIpc) is 3.34. The van der Waals surface area contributed by atoms with Gasteiger partial charge in [0.1, 0.15) is 23.0 Å². The van der Waals surface area contributed by atoms with Crippen LogP contribution in [0.4, 0.5) is 5.69 Å². The van der Waals surface area contributed by atoms with E-state index in [0.717, 1.165) is 19.3 Å². The number of ether oxygens (including phenoxy) is 4. The standard InChI is InChI=1S/C40H47NO8/c1-4-5-6-7-8-9-10-11-12-13-14-15-16-17-38(44)41-29-18-21-33-32(24-29)39(45)49-40(33)34-22-19-30(46-27(2)42)25-36(34)48-37-26-31(47-28(3)43)20-23-35(37)40/h18-26H,4-17H2,1-3H3,(H,41,44). The molecule has 9 heteroatoms. The normalized spacial score (nSPS) is 13.5. The maximum Gasteiger partial charge on any atom is 0.340 e. The summed E-state index contributed by atoms with van der Waals surface area (Å²) in [6, 6.07) is 14.9. The second-order valence-electron chi connectivity index (χ2n) is 13.0. The van der Waals surface area contributed by atoms with Gasteiger partial charge in [-0.1, -0.05) is 90.0 Å². The van der Waals surface area contributed by atoms with Crippen LogP contribution in [0.3, 0.4) is 0 Å². The Kier molecular flexibility index (Phi) is 12.1. The van der Waals surface area contributed by atoms with Crippen molar-refractivity contribution in [3.8, 4) is 23.0 Å². The Bertz CT molecular complexity index is 1610. The highest BCUT2D eigenvalue weighted by atomic mass is 16.6. The van der Waals surface area contributed by atoms with Gasteiger partial charge in [0, 0.05) is 54.8 Å². The molecule has 3 aromatic rings. The lowest BCUT2D eigenvalue weighted by Gasteiger charge is -2.36. The molecule has 2 aliphatic heterocycles. The quantitative estimate of drug-likeness (QED) is 0.0858. The Morgan fingerprint density at radius 3 is 1.65 bits per heavy atom. The minimum atomic E-state index is -1.39. The molecule has 2 heterocycles. The third-order valence-electron chi connectivity index (χ3n) is 9.06. The monoisotopic (exact) mass is 669 g/mol. The zero-order valence-electron chi connectivity index (χ0n) is 28.9. The number of hydrogen-bond acceptors (Lipinski definition) is 8. The smallest absolute Gasteiger partial charge is 0.340 e. The van der Waals surface area contributed by atoms with E-state index < -0.39 is 23.5 Å². The lowest BCUT2D eigenvalue weighted by atomic mass is 9.77. The number of benzene rings is 3. The number of hydrogen-bond donors (Lipinski definition) is 1. The Morgan fingerprint density at radius 2 is 1.14 bits per heavy atom. The first-order valence-corrected chi connectivity index (χ1v) is 17.7. The summed E-state index contributed by atoms with van der Waals surface area (Å²) in [7, 11) is 0. The van der Waals surface area contributed by atoms with E-state index in [0.29, 0.717) is 45.9 Å². The largest absolute Gasteiger partial charge is 0.456 e. The Balaban J connectivity index is 1.23. The van der Waals surface area contributed by atoms with Crippen LogP contribution in [0.1, 0.15) is 138 Å². The SMILES string of the molecule is CCCCCCCCCCCCCCCC(=O)Nc1ccc2c(c1)C(=O)OC21c2ccc(OC(C)=O)cc2Oc2cc(OC(C)=O)ccc21. The van der Waals surface area contributed by atoms with Gasteiger partial charge in [0.2, 0.25) is 5.91 Å². The fourth-order valence-electron chi connectivity index (χ4n) is 6.75. The van der Waals surface area contributed by atoms with Crippen molar-refractivity contribution < 1.29 is 38.1 Å². The Morgan fingerprint density at radius 1 is 0.653 bits per heavy atom. The van der Waals surface area contributed by atoms with Gasteiger partial charge in [0.25, 0.3) is 0 Å². The van der Waals surface area contributed by atoms with Crippen molar-refractivity contribution in [2.24, 2.45) is 0 Å². The van der Waals surface area contributed by atoms with Crippen LogP contribution in [0.25, 0.3) is 0 Å². The van der Waals surface area contributed by atoms with Crippen LogP contribution in [-0.4, -0.2) is 23.8 Å². The number of carbonyl (C=O) groups excluding carboxylic acids is 4. The molecule has 3 aromatic carbocycles. The third-order valence-corrected chi connectivity index (χ3v) is 9.06. The molecule has 260 valence electrons. The highest BCUT2D eigenvalue weighted by molar-refractivity contribution is 5.99. The summed E-state index contributed by atoms with van der Waals surface area (Å²) < 4.78 is 23.0. The topological polar surface area (TPSA) is 117 Å². The van der Waals surface area contributed by atoms with Crippen LogP contribution in [-0.2, 0) is 24.7 Å².